The summed E-state index contributed by atoms with van der Waals surface area (Å²) in [6.07, 6.45) is 5.98. The third kappa shape index (κ3) is 5.21. The monoisotopic (exact) mass is 470 g/mol. The highest BCUT2D eigenvalue weighted by Gasteiger charge is 2.21. The van der Waals surface area contributed by atoms with E-state index in [9.17, 15) is 13.7 Å². The fourth-order valence-electron chi connectivity index (χ4n) is 3.24. The van der Waals surface area contributed by atoms with Gasteiger partial charge in [0.05, 0.1) is 29.2 Å². The number of hydrogen-bond donors (Lipinski definition) is 0. The number of nitriles is 1. The Labute approximate surface area is 193 Å². The zero-order valence-electron chi connectivity index (χ0n) is 18.1. The number of benzene rings is 2. The molecule has 0 aliphatic rings. The third-order valence-corrected chi connectivity index (χ3v) is 6.27. The lowest BCUT2D eigenvalue weighted by Gasteiger charge is -2.18. The van der Waals surface area contributed by atoms with Gasteiger partial charge in [-0.3, -0.25) is 4.98 Å². The molecule has 0 radical (unpaired) electrons. The van der Waals surface area contributed by atoms with Crippen LogP contribution >= 0.6 is 11.6 Å². The van der Waals surface area contributed by atoms with Gasteiger partial charge in [-0.2, -0.15) is 5.26 Å². The van der Waals surface area contributed by atoms with Gasteiger partial charge in [-0.05, 0) is 47.9 Å². The van der Waals surface area contributed by atoms with Crippen LogP contribution < -0.4 is 9.47 Å². The van der Waals surface area contributed by atoms with Gasteiger partial charge in [-0.1, -0.05) is 31.0 Å². The number of halogens is 1. The van der Waals surface area contributed by atoms with Gasteiger partial charge in [0.25, 0.3) is 0 Å². The molecule has 0 saturated carbocycles. The Morgan fingerprint density at radius 1 is 1.09 bits per heavy atom. The van der Waals surface area contributed by atoms with E-state index >= 15 is 0 Å². The van der Waals surface area contributed by atoms with E-state index in [4.69, 9.17) is 21.1 Å². The first kappa shape index (κ1) is 23.6. The number of pyridine rings is 1. The van der Waals surface area contributed by atoms with Crippen LogP contribution in [0.4, 0.5) is 0 Å². The minimum Gasteiger partial charge on any atom is -0.495 e. The first-order valence-electron chi connectivity index (χ1n) is 9.98. The van der Waals surface area contributed by atoms with Crippen molar-refractivity contribution in [1.29, 1.82) is 5.26 Å². The highest BCUT2D eigenvalue weighted by Crippen LogP contribution is 2.43. The molecule has 0 unspecified atom stereocenters. The van der Waals surface area contributed by atoms with Gasteiger partial charge in [0.1, 0.15) is 17.6 Å². The summed E-state index contributed by atoms with van der Waals surface area (Å²) in [6.45, 7) is 2.47. The lowest BCUT2D eigenvalue weighted by Crippen LogP contribution is -2.04. The van der Waals surface area contributed by atoms with Crippen LogP contribution in [0.5, 0.6) is 11.5 Å². The van der Waals surface area contributed by atoms with E-state index in [2.05, 4.69) is 11.1 Å². The van der Waals surface area contributed by atoms with Crippen molar-refractivity contribution >= 4 is 21.4 Å². The molecule has 0 spiro atoms. The molecule has 1 aromatic heterocycles. The van der Waals surface area contributed by atoms with Crippen LogP contribution in [0.1, 0.15) is 25.3 Å². The number of rotatable bonds is 8. The minimum absolute atomic E-state index is 0.124. The van der Waals surface area contributed by atoms with Crippen molar-refractivity contribution in [2.75, 3.05) is 20.0 Å². The van der Waals surface area contributed by atoms with Crippen LogP contribution in [0.2, 0.25) is 5.02 Å². The fourth-order valence-corrected chi connectivity index (χ4v) is 4.15. The normalized spacial score (nSPS) is 11.1. The molecule has 0 bridgehead atoms. The predicted molar refractivity (Wildman–Crippen MR) is 125 cm³/mol. The molecule has 8 heteroatoms. The van der Waals surface area contributed by atoms with Crippen molar-refractivity contribution in [3.05, 3.63) is 59.4 Å². The smallest absolute Gasteiger partial charge is 0.175 e. The molecule has 1 heterocycles. The molecule has 0 amide bonds. The predicted octanol–water partition coefficient (Wildman–Crippen LogP) is 5.53. The molecule has 32 heavy (non-hydrogen) atoms. The summed E-state index contributed by atoms with van der Waals surface area (Å²) in [5, 5.41) is 9.74. The molecular weight excluding hydrogens is 448 g/mol. The maximum atomic E-state index is 12.5. The van der Waals surface area contributed by atoms with E-state index in [-0.39, 0.29) is 4.90 Å². The molecule has 0 fully saturated rings. The van der Waals surface area contributed by atoms with E-state index in [0.29, 0.717) is 50.9 Å². The molecule has 0 aliphatic carbocycles. The number of sulfone groups is 1. The number of unbranched alkanes of at least 4 members (excludes halogenated alkanes) is 1. The van der Waals surface area contributed by atoms with E-state index in [1.807, 2.05) is 6.92 Å². The average molecular weight is 471 g/mol. The number of nitrogens with zero attached hydrogens (tertiary/aromatic N) is 2. The largest absolute Gasteiger partial charge is 0.495 e. The van der Waals surface area contributed by atoms with E-state index in [1.54, 1.807) is 36.5 Å². The van der Waals surface area contributed by atoms with Crippen LogP contribution in [0.15, 0.2) is 53.7 Å². The highest BCUT2D eigenvalue weighted by molar-refractivity contribution is 7.90. The topological polar surface area (TPSA) is 89.3 Å². The van der Waals surface area contributed by atoms with Gasteiger partial charge in [0, 0.05) is 29.8 Å². The molecule has 6 nitrogen and oxygen atoms in total. The van der Waals surface area contributed by atoms with Gasteiger partial charge in [0.15, 0.2) is 9.84 Å². The Morgan fingerprint density at radius 2 is 1.88 bits per heavy atom. The summed E-state index contributed by atoms with van der Waals surface area (Å²) in [5.41, 5.74) is 2.93. The lowest BCUT2D eigenvalue weighted by molar-refractivity contribution is 0.310. The SMILES string of the molecule is CCCCOc1cc(S(C)(=O)=O)cc(-c2ccc(OC)c(Cl)c2)c1-c1cncc(C#N)c1. The fraction of sp³-hybridized carbons (Fsp3) is 0.250. The van der Waals surface area contributed by atoms with Gasteiger partial charge < -0.3 is 9.47 Å². The number of hydrogen-bond acceptors (Lipinski definition) is 6. The second kappa shape index (κ2) is 10.0. The minimum atomic E-state index is -3.53. The molecule has 0 saturated heterocycles. The van der Waals surface area contributed by atoms with Crippen molar-refractivity contribution in [2.24, 2.45) is 0 Å². The van der Waals surface area contributed by atoms with E-state index in [1.165, 1.54) is 19.4 Å². The Morgan fingerprint density at radius 3 is 2.50 bits per heavy atom. The molecule has 3 rings (SSSR count). The van der Waals surface area contributed by atoms with Crippen LogP contribution in [-0.4, -0.2) is 33.4 Å². The van der Waals surface area contributed by atoms with Crippen molar-refractivity contribution in [3.8, 4) is 39.8 Å². The maximum absolute atomic E-state index is 12.5. The summed E-state index contributed by atoms with van der Waals surface area (Å²) in [7, 11) is -2.00. The number of ether oxygens (including phenoxy) is 2. The Balaban J connectivity index is 2.36. The zero-order chi connectivity index (χ0) is 23.3. The summed E-state index contributed by atoms with van der Waals surface area (Å²) < 4.78 is 36.2. The van der Waals surface area contributed by atoms with Crippen LogP contribution in [0.3, 0.4) is 0 Å². The van der Waals surface area contributed by atoms with Crippen molar-refractivity contribution in [2.45, 2.75) is 24.7 Å². The Bertz CT molecular complexity index is 1280. The molecule has 0 N–H and O–H groups in total. The first-order chi connectivity index (χ1) is 15.3. The van der Waals surface area contributed by atoms with Gasteiger partial charge >= 0.3 is 0 Å². The van der Waals surface area contributed by atoms with Crippen LogP contribution in [0, 0.1) is 11.3 Å². The zero-order valence-corrected chi connectivity index (χ0v) is 19.6. The van der Waals surface area contributed by atoms with Gasteiger partial charge in [-0.15, -0.1) is 0 Å². The van der Waals surface area contributed by atoms with Crippen LogP contribution in [0.25, 0.3) is 22.3 Å². The van der Waals surface area contributed by atoms with Crippen molar-refractivity contribution in [3.63, 3.8) is 0 Å². The quantitative estimate of drug-likeness (QED) is 0.402. The van der Waals surface area contributed by atoms with Crippen molar-refractivity contribution in [1.82, 2.24) is 4.98 Å². The molecule has 0 aliphatic heterocycles. The van der Waals surface area contributed by atoms with E-state index in [0.717, 1.165) is 19.1 Å². The molecule has 2 aromatic carbocycles. The van der Waals surface area contributed by atoms with Crippen molar-refractivity contribution < 1.29 is 17.9 Å². The maximum Gasteiger partial charge on any atom is 0.175 e. The van der Waals surface area contributed by atoms with Gasteiger partial charge in [0.2, 0.25) is 0 Å². The second-order valence-corrected chi connectivity index (χ2v) is 9.66. The standard InChI is InChI=1S/C24H23ClN2O4S/c1-4-5-8-31-23-12-19(32(3,28)29)11-20(17-6-7-22(30-2)21(25)10-17)24(23)18-9-16(13-26)14-27-15-18/h6-7,9-12,14-15H,4-5,8H2,1-3H3. The molecule has 0 atom stereocenters. The number of aromatic nitrogens is 1. The number of methoxy groups -OCH3 is 1. The third-order valence-electron chi connectivity index (χ3n) is 4.88. The summed E-state index contributed by atoms with van der Waals surface area (Å²) in [6, 6.07) is 12.1. The summed E-state index contributed by atoms with van der Waals surface area (Å²) >= 11 is 6.37. The molecule has 166 valence electrons. The second-order valence-electron chi connectivity index (χ2n) is 7.24. The average Bonchev–Trinajstić information content (AvgIpc) is 2.78. The summed E-state index contributed by atoms with van der Waals surface area (Å²) in [4.78, 5) is 4.30. The first-order valence-corrected chi connectivity index (χ1v) is 12.3. The summed E-state index contributed by atoms with van der Waals surface area (Å²) in [5.74, 6) is 0.906. The highest BCUT2D eigenvalue weighted by atomic mass is 35.5. The van der Waals surface area contributed by atoms with E-state index < -0.39 is 9.84 Å². The Kier molecular flexibility index (Phi) is 7.39. The molecule has 3 aromatic rings. The van der Waals surface area contributed by atoms with Gasteiger partial charge in [-0.25, -0.2) is 8.42 Å². The Hall–Kier alpha value is -3.08. The molecular formula is C24H23ClN2O4S. The lowest BCUT2D eigenvalue weighted by atomic mass is 9.93. The van der Waals surface area contributed by atoms with Crippen LogP contribution in [-0.2, 0) is 9.84 Å².